The SMILES string of the molecule is COc1ccc(NC(=O)Cc2ccc3c(c2)OCCO3)cc1OC. The van der Waals surface area contributed by atoms with Crippen LogP contribution in [0, 0.1) is 0 Å². The second-order valence-electron chi connectivity index (χ2n) is 5.27. The first kappa shape index (κ1) is 16.0. The molecule has 3 rings (SSSR count). The maximum Gasteiger partial charge on any atom is 0.228 e. The summed E-state index contributed by atoms with van der Waals surface area (Å²) < 4.78 is 21.4. The molecular formula is C18H19NO5. The van der Waals surface area contributed by atoms with Crippen molar-refractivity contribution in [2.75, 3.05) is 32.8 Å². The molecule has 0 aliphatic carbocycles. The Morgan fingerprint density at radius 2 is 1.75 bits per heavy atom. The minimum atomic E-state index is -0.126. The fourth-order valence-electron chi connectivity index (χ4n) is 2.50. The number of rotatable bonds is 5. The van der Waals surface area contributed by atoms with Crippen LogP contribution in [0.25, 0.3) is 0 Å². The average Bonchev–Trinajstić information content (AvgIpc) is 2.61. The van der Waals surface area contributed by atoms with E-state index in [2.05, 4.69) is 5.32 Å². The molecule has 0 saturated carbocycles. The second-order valence-corrected chi connectivity index (χ2v) is 5.27. The molecule has 0 unspecified atom stereocenters. The quantitative estimate of drug-likeness (QED) is 0.913. The molecule has 1 N–H and O–H groups in total. The molecule has 2 aromatic rings. The molecule has 6 heteroatoms. The number of methoxy groups -OCH3 is 2. The summed E-state index contributed by atoms with van der Waals surface area (Å²) in [5, 5.41) is 2.85. The van der Waals surface area contributed by atoms with Crippen LogP contribution in [-0.2, 0) is 11.2 Å². The van der Waals surface area contributed by atoms with Gasteiger partial charge in [0.15, 0.2) is 23.0 Å². The molecule has 1 aliphatic rings. The van der Waals surface area contributed by atoms with Gasteiger partial charge in [-0.3, -0.25) is 4.79 Å². The molecular weight excluding hydrogens is 310 g/mol. The van der Waals surface area contributed by atoms with E-state index in [9.17, 15) is 4.79 Å². The number of fused-ring (bicyclic) bond motifs is 1. The summed E-state index contributed by atoms with van der Waals surface area (Å²) in [5.74, 6) is 2.44. The van der Waals surface area contributed by atoms with Crippen molar-refractivity contribution in [3.63, 3.8) is 0 Å². The number of ether oxygens (including phenoxy) is 4. The van der Waals surface area contributed by atoms with Crippen LogP contribution in [0.2, 0.25) is 0 Å². The topological polar surface area (TPSA) is 66.0 Å². The van der Waals surface area contributed by atoms with Gasteiger partial charge in [0.1, 0.15) is 13.2 Å². The van der Waals surface area contributed by atoms with E-state index >= 15 is 0 Å². The summed E-state index contributed by atoms with van der Waals surface area (Å²) in [6, 6.07) is 10.8. The predicted octanol–water partition coefficient (Wildman–Crippen LogP) is 2.66. The molecule has 1 heterocycles. The number of benzene rings is 2. The first-order valence-electron chi connectivity index (χ1n) is 7.60. The molecule has 0 spiro atoms. The van der Waals surface area contributed by atoms with Gasteiger partial charge in [0, 0.05) is 11.8 Å². The van der Waals surface area contributed by atoms with Crippen molar-refractivity contribution in [2.24, 2.45) is 0 Å². The third-order valence-electron chi connectivity index (χ3n) is 3.64. The number of nitrogens with one attached hydrogen (secondary N) is 1. The molecule has 6 nitrogen and oxygen atoms in total. The smallest absolute Gasteiger partial charge is 0.228 e. The van der Waals surface area contributed by atoms with E-state index in [1.807, 2.05) is 18.2 Å². The van der Waals surface area contributed by atoms with Gasteiger partial charge in [-0.1, -0.05) is 6.07 Å². The van der Waals surface area contributed by atoms with Crippen LogP contribution in [0.3, 0.4) is 0 Å². The summed E-state index contributed by atoms with van der Waals surface area (Å²) in [4.78, 5) is 12.2. The largest absolute Gasteiger partial charge is 0.493 e. The Hall–Kier alpha value is -2.89. The van der Waals surface area contributed by atoms with E-state index in [4.69, 9.17) is 18.9 Å². The Morgan fingerprint density at radius 1 is 1.00 bits per heavy atom. The standard InChI is InChI=1S/C18H19NO5/c1-21-14-6-4-13(11-16(14)22-2)19-18(20)10-12-3-5-15-17(9-12)24-8-7-23-15/h3-6,9,11H,7-8,10H2,1-2H3,(H,19,20). The predicted molar refractivity (Wildman–Crippen MR) is 89.3 cm³/mol. The van der Waals surface area contributed by atoms with Crippen LogP contribution in [-0.4, -0.2) is 33.3 Å². The van der Waals surface area contributed by atoms with Crippen molar-refractivity contribution in [3.05, 3.63) is 42.0 Å². The Bertz CT molecular complexity index is 701. The van der Waals surface area contributed by atoms with Gasteiger partial charge in [-0.05, 0) is 29.8 Å². The lowest BCUT2D eigenvalue weighted by molar-refractivity contribution is -0.115. The van der Waals surface area contributed by atoms with Crippen molar-refractivity contribution >= 4 is 11.6 Å². The van der Waals surface area contributed by atoms with Gasteiger partial charge in [0.25, 0.3) is 0 Å². The normalized spacial score (nSPS) is 12.4. The zero-order valence-electron chi connectivity index (χ0n) is 13.6. The summed E-state index contributed by atoms with van der Waals surface area (Å²) in [7, 11) is 3.12. The zero-order valence-corrected chi connectivity index (χ0v) is 13.6. The molecule has 0 radical (unpaired) electrons. The van der Waals surface area contributed by atoms with E-state index < -0.39 is 0 Å². The minimum absolute atomic E-state index is 0.126. The van der Waals surface area contributed by atoms with Crippen molar-refractivity contribution < 1.29 is 23.7 Å². The highest BCUT2D eigenvalue weighted by Crippen LogP contribution is 2.31. The molecule has 0 fully saturated rings. The molecule has 24 heavy (non-hydrogen) atoms. The molecule has 126 valence electrons. The molecule has 0 atom stereocenters. The van der Waals surface area contributed by atoms with Crippen LogP contribution in [0.15, 0.2) is 36.4 Å². The van der Waals surface area contributed by atoms with Crippen LogP contribution < -0.4 is 24.3 Å². The van der Waals surface area contributed by atoms with Gasteiger partial charge in [0.05, 0.1) is 20.6 Å². The Kier molecular flexibility index (Phi) is 4.74. The lowest BCUT2D eigenvalue weighted by Gasteiger charge is -2.18. The average molecular weight is 329 g/mol. The fourth-order valence-corrected chi connectivity index (χ4v) is 2.50. The van der Waals surface area contributed by atoms with Gasteiger partial charge in [-0.25, -0.2) is 0 Å². The number of hydrogen-bond acceptors (Lipinski definition) is 5. The first-order chi connectivity index (χ1) is 11.7. The number of amides is 1. The maximum absolute atomic E-state index is 12.2. The maximum atomic E-state index is 12.2. The van der Waals surface area contributed by atoms with Gasteiger partial charge >= 0.3 is 0 Å². The molecule has 0 aromatic heterocycles. The van der Waals surface area contributed by atoms with E-state index in [1.54, 1.807) is 32.4 Å². The zero-order chi connectivity index (χ0) is 16.9. The highest BCUT2D eigenvalue weighted by Gasteiger charge is 2.13. The van der Waals surface area contributed by atoms with E-state index in [0.29, 0.717) is 41.9 Å². The number of carbonyl (C=O) groups excluding carboxylic acids is 1. The number of carbonyl (C=O) groups is 1. The summed E-state index contributed by atoms with van der Waals surface area (Å²) in [6.45, 7) is 1.07. The Morgan fingerprint density at radius 3 is 2.50 bits per heavy atom. The summed E-state index contributed by atoms with van der Waals surface area (Å²) in [6.07, 6.45) is 0.241. The number of anilines is 1. The molecule has 1 amide bonds. The monoisotopic (exact) mass is 329 g/mol. The lowest BCUT2D eigenvalue weighted by Crippen LogP contribution is -2.17. The van der Waals surface area contributed by atoms with E-state index in [1.165, 1.54) is 0 Å². The third kappa shape index (κ3) is 3.53. The Balaban J connectivity index is 1.67. The fraction of sp³-hybridized carbons (Fsp3) is 0.278. The van der Waals surface area contributed by atoms with Gasteiger partial charge in [0.2, 0.25) is 5.91 Å². The van der Waals surface area contributed by atoms with Crippen molar-refractivity contribution in [1.82, 2.24) is 0 Å². The molecule has 2 aromatic carbocycles. The first-order valence-corrected chi connectivity index (χ1v) is 7.60. The molecule has 0 saturated heterocycles. The van der Waals surface area contributed by atoms with E-state index in [0.717, 1.165) is 5.56 Å². The lowest BCUT2D eigenvalue weighted by atomic mass is 10.1. The van der Waals surface area contributed by atoms with Crippen LogP contribution >= 0.6 is 0 Å². The van der Waals surface area contributed by atoms with Gasteiger partial charge in [-0.15, -0.1) is 0 Å². The molecule has 1 aliphatic heterocycles. The Labute approximate surface area is 140 Å². The van der Waals surface area contributed by atoms with Crippen LogP contribution in [0.1, 0.15) is 5.56 Å². The molecule has 0 bridgehead atoms. The van der Waals surface area contributed by atoms with Crippen LogP contribution in [0.5, 0.6) is 23.0 Å². The third-order valence-corrected chi connectivity index (χ3v) is 3.64. The van der Waals surface area contributed by atoms with Crippen molar-refractivity contribution in [3.8, 4) is 23.0 Å². The second kappa shape index (κ2) is 7.12. The van der Waals surface area contributed by atoms with E-state index in [-0.39, 0.29) is 12.3 Å². The highest BCUT2D eigenvalue weighted by atomic mass is 16.6. The summed E-state index contributed by atoms with van der Waals surface area (Å²) in [5.41, 5.74) is 1.51. The van der Waals surface area contributed by atoms with Gasteiger partial charge in [-0.2, -0.15) is 0 Å². The highest BCUT2D eigenvalue weighted by molar-refractivity contribution is 5.92. The minimum Gasteiger partial charge on any atom is -0.493 e. The van der Waals surface area contributed by atoms with Crippen LogP contribution in [0.4, 0.5) is 5.69 Å². The van der Waals surface area contributed by atoms with Crippen molar-refractivity contribution in [2.45, 2.75) is 6.42 Å². The summed E-state index contributed by atoms with van der Waals surface area (Å²) >= 11 is 0. The van der Waals surface area contributed by atoms with Gasteiger partial charge < -0.3 is 24.3 Å². The van der Waals surface area contributed by atoms with Crippen molar-refractivity contribution in [1.29, 1.82) is 0 Å². The number of hydrogen-bond donors (Lipinski definition) is 1.